The molecular weight excluding hydrogens is 694 g/mol. The number of thiocarbonyl (C=S) groups is 2. The van der Waals surface area contributed by atoms with E-state index in [-0.39, 0.29) is 24.7 Å². The van der Waals surface area contributed by atoms with Crippen LogP contribution in [-0.4, -0.2) is 28.3 Å². The van der Waals surface area contributed by atoms with Crippen molar-refractivity contribution in [2.24, 2.45) is 5.73 Å². The predicted octanol–water partition coefficient (Wildman–Crippen LogP) is 12.6. The van der Waals surface area contributed by atoms with E-state index in [1.54, 1.807) is 0 Å². The average molecular weight is 779 g/mol. The maximum atomic E-state index is 11.9. The van der Waals surface area contributed by atoms with Crippen molar-refractivity contribution in [2.75, 3.05) is 13.1 Å². The monoisotopic (exact) mass is 777 g/mol. The number of hydrogen-bond acceptors (Lipinski definition) is 4. The van der Waals surface area contributed by atoms with Crippen LogP contribution in [0, 0.1) is 0 Å². The Morgan fingerprint density at radius 1 is 0.367 bits per heavy atom. The minimum Gasteiger partial charge on any atom is -0.852 e. The zero-order valence-corrected chi connectivity index (χ0v) is 37.8. The summed E-state index contributed by atoms with van der Waals surface area (Å²) < 4.78 is 0. The van der Waals surface area contributed by atoms with Gasteiger partial charge >= 0.3 is 19.5 Å². The average Bonchev–Trinajstić information content (AvgIpc) is 3.05. The van der Waals surface area contributed by atoms with Crippen LogP contribution in [0.25, 0.3) is 0 Å². The molecule has 0 aliphatic carbocycles. The van der Waals surface area contributed by atoms with E-state index in [1.807, 2.05) is 4.90 Å². The Kier molecular flexibility index (Phi) is 52.3. The van der Waals surface area contributed by atoms with Gasteiger partial charge in [-0.1, -0.05) is 257 Å². The van der Waals surface area contributed by atoms with Crippen LogP contribution < -0.4 is 15.9 Å². The van der Waals surface area contributed by atoms with Crippen LogP contribution in [0.1, 0.15) is 245 Å². The molecule has 0 bridgehead atoms. The van der Waals surface area contributed by atoms with Crippen molar-refractivity contribution < 1.29 is 29.7 Å². The number of unbranched alkanes of at least 4 members (excludes halogenated alkanes) is 34. The van der Waals surface area contributed by atoms with Gasteiger partial charge in [-0.25, -0.2) is 0 Å². The Morgan fingerprint density at radius 2 is 0.510 bits per heavy atom. The predicted molar refractivity (Wildman–Crippen MR) is 219 cm³/mol. The van der Waals surface area contributed by atoms with E-state index < -0.39 is 5.17 Å². The molecule has 0 saturated heterocycles. The molecule has 0 spiro atoms. The second-order valence-corrected chi connectivity index (χ2v) is 15.3. The molecule has 49 heavy (non-hydrogen) atoms. The van der Waals surface area contributed by atoms with Crippen molar-refractivity contribution in [1.82, 2.24) is 4.90 Å². The minimum absolute atomic E-state index is 0. The summed E-state index contributed by atoms with van der Waals surface area (Å²) in [6, 6.07) is 0. The quantitative estimate of drug-likeness (QED) is 0.0382. The van der Waals surface area contributed by atoms with Gasteiger partial charge in [0.25, 0.3) is 0 Å². The Labute approximate surface area is 331 Å². The molecule has 0 atom stereocenters. The van der Waals surface area contributed by atoms with E-state index in [4.69, 9.17) is 17.3 Å². The van der Waals surface area contributed by atoms with Gasteiger partial charge in [-0.15, -0.1) is 0 Å². The molecule has 0 unspecified atom stereocenters. The fourth-order valence-electron chi connectivity index (χ4n) is 6.70. The second kappa shape index (κ2) is 48.0. The van der Waals surface area contributed by atoms with Crippen LogP contribution in [0.15, 0.2) is 0 Å². The van der Waals surface area contributed by atoms with Crippen molar-refractivity contribution in [3.8, 4) is 0 Å². The summed E-state index contributed by atoms with van der Waals surface area (Å²) >= 11 is 8.78. The van der Waals surface area contributed by atoms with Crippen LogP contribution in [-0.2, 0) is 19.5 Å². The molecule has 0 aromatic carbocycles. The van der Waals surface area contributed by atoms with Gasteiger partial charge in [0.1, 0.15) is 0 Å². The van der Waals surface area contributed by atoms with Crippen LogP contribution in [0.4, 0.5) is 0 Å². The molecule has 0 aromatic heterocycles. The standard InChI is InChI=1S/C41H83NOS.CH3NOS.Zn/c1-3-5-7-9-11-13-15-17-19-21-23-25-27-29-31-33-35-37-39-42(41(43)44)40-38-36-34-32-30-28-26-24-22-20-18-16-14-12-10-8-6-4-2;2-1(3)4;/h3-40H2,1-2H3,(H,43,44);(H3,2,3,4);/q;;+2/p-2. The molecule has 2 N–H and O–H groups in total. The van der Waals surface area contributed by atoms with E-state index in [0.717, 1.165) is 25.9 Å². The second-order valence-electron chi connectivity index (χ2n) is 14.6. The topological polar surface area (TPSA) is 75.4 Å². The van der Waals surface area contributed by atoms with Crippen molar-refractivity contribution >= 4 is 34.8 Å². The van der Waals surface area contributed by atoms with Gasteiger partial charge in [0.2, 0.25) is 0 Å². The minimum atomic E-state index is -0.750. The van der Waals surface area contributed by atoms with Crippen molar-refractivity contribution in [3.63, 3.8) is 0 Å². The molecule has 4 nitrogen and oxygen atoms in total. The normalized spacial score (nSPS) is 10.7. The van der Waals surface area contributed by atoms with Crippen molar-refractivity contribution in [1.29, 1.82) is 0 Å². The summed E-state index contributed by atoms with van der Waals surface area (Å²) in [7, 11) is 0. The molecule has 0 heterocycles. The third kappa shape index (κ3) is 52.5. The summed E-state index contributed by atoms with van der Waals surface area (Å²) in [6.07, 6.45) is 50.2. The first-order valence-corrected chi connectivity index (χ1v) is 22.2. The molecule has 288 valence electrons. The van der Waals surface area contributed by atoms with Crippen LogP contribution >= 0.6 is 24.4 Å². The molecular formula is C42H84N2O2S2Zn. The molecule has 0 saturated carbocycles. The summed E-state index contributed by atoms with van der Waals surface area (Å²) in [5.41, 5.74) is 4.29. The van der Waals surface area contributed by atoms with Crippen molar-refractivity contribution in [3.05, 3.63) is 0 Å². The molecule has 0 rings (SSSR count). The summed E-state index contributed by atoms with van der Waals surface area (Å²) in [4.78, 5) is 1.94. The fraction of sp³-hybridized carbons (Fsp3) is 0.952. The van der Waals surface area contributed by atoms with E-state index in [0.29, 0.717) is 0 Å². The summed E-state index contributed by atoms with van der Waals surface area (Å²) in [6.45, 7) is 6.34. The maximum Gasteiger partial charge on any atom is 2.00 e. The van der Waals surface area contributed by atoms with Crippen LogP contribution in [0.2, 0.25) is 0 Å². The number of hydrogen-bond donors (Lipinski definition) is 1. The van der Waals surface area contributed by atoms with Gasteiger partial charge in [0.15, 0.2) is 0 Å². The number of rotatable bonds is 38. The van der Waals surface area contributed by atoms with Crippen molar-refractivity contribution in [2.45, 2.75) is 245 Å². The van der Waals surface area contributed by atoms with E-state index >= 15 is 0 Å². The number of nitrogens with zero attached hydrogens (tertiary/aromatic N) is 1. The fourth-order valence-corrected chi connectivity index (χ4v) is 6.89. The first-order valence-electron chi connectivity index (χ1n) is 21.4. The van der Waals surface area contributed by atoms with Gasteiger partial charge < -0.3 is 20.8 Å². The molecule has 0 amide bonds. The van der Waals surface area contributed by atoms with E-state index in [2.05, 4.69) is 31.8 Å². The summed E-state index contributed by atoms with van der Waals surface area (Å²) in [5.74, 6) is 0. The largest absolute Gasteiger partial charge is 2.00 e. The van der Waals surface area contributed by atoms with E-state index in [9.17, 15) is 5.11 Å². The smallest absolute Gasteiger partial charge is 0.852 e. The van der Waals surface area contributed by atoms with Gasteiger partial charge in [-0.2, -0.15) is 0 Å². The van der Waals surface area contributed by atoms with Gasteiger partial charge in [-0.05, 0) is 12.8 Å². The third-order valence-electron chi connectivity index (χ3n) is 9.82. The van der Waals surface area contributed by atoms with Gasteiger partial charge in [0.05, 0.1) is 0 Å². The number of nitrogens with two attached hydrogens (primary N) is 1. The van der Waals surface area contributed by atoms with E-state index in [1.165, 1.54) is 218 Å². The summed E-state index contributed by atoms with van der Waals surface area (Å²) in [5, 5.41) is 20.1. The zero-order chi connectivity index (χ0) is 35.6. The van der Waals surface area contributed by atoms with Crippen LogP contribution in [0.5, 0.6) is 0 Å². The first-order chi connectivity index (χ1) is 23.5. The molecule has 0 radical (unpaired) electrons. The Morgan fingerprint density at radius 3 is 0.653 bits per heavy atom. The SMILES string of the molecule is CCCCCCCCCCCCCCCCCCCCN(CCCCCCCCCCCCCCCCCCCC)C([O-])=S.NC([O-])=S.[Zn+2]. The van der Waals surface area contributed by atoms with Crippen LogP contribution in [0.3, 0.4) is 0 Å². The molecule has 0 fully saturated rings. The van der Waals surface area contributed by atoms with Gasteiger partial charge in [0, 0.05) is 23.4 Å². The Hall–Kier alpha value is 0.00338. The Balaban J connectivity index is -0.00000399. The molecule has 0 aliphatic rings. The molecule has 0 aromatic rings. The zero-order valence-electron chi connectivity index (χ0n) is 33.2. The molecule has 7 heteroatoms. The third-order valence-corrected chi connectivity index (χ3v) is 10.1. The van der Waals surface area contributed by atoms with Gasteiger partial charge in [-0.3, -0.25) is 0 Å². The maximum absolute atomic E-state index is 11.9. The first kappa shape index (κ1) is 53.4. The Bertz CT molecular complexity index is 598. The molecule has 0 aliphatic heterocycles.